The Morgan fingerprint density at radius 3 is 2.50 bits per heavy atom. The topological polar surface area (TPSA) is 28.2 Å². The molecule has 2 rings (SSSR count). The van der Waals surface area contributed by atoms with Gasteiger partial charge in [0, 0.05) is 30.1 Å². The van der Waals surface area contributed by atoms with E-state index in [4.69, 9.17) is 4.98 Å². The highest BCUT2D eigenvalue weighted by atomic mass is 32.1. The highest BCUT2D eigenvalue weighted by Gasteiger charge is 2.43. The molecule has 2 heterocycles. The third kappa shape index (κ3) is 3.07. The largest absolute Gasteiger partial charge is 0.302 e. The van der Waals surface area contributed by atoms with Gasteiger partial charge in [0.15, 0.2) is 0 Å². The van der Waals surface area contributed by atoms with Crippen molar-refractivity contribution in [3.05, 3.63) is 15.6 Å². The molecule has 0 amide bonds. The Labute approximate surface area is 127 Å². The highest BCUT2D eigenvalue weighted by Crippen LogP contribution is 2.37. The van der Waals surface area contributed by atoms with E-state index in [0.717, 1.165) is 19.5 Å². The molecule has 1 fully saturated rings. The molecule has 0 aromatic carbocycles. The lowest BCUT2D eigenvalue weighted by Crippen LogP contribution is -2.48. The molecule has 0 radical (unpaired) electrons. The van der Waals surface area contributed by atoms with Crippen LogP contribution in [0, 0.1) is 6.92 Å². The number of likely N-dealkylation sites (tertiary alicyclic amines) is 1. The van der Waals surface area contributed by atoms with E-state index in [2.05, 4.69) is 51.8 Å². The number of thiazole rings is 1. The Morgan fingerprint density at radius 1 is 1.35 bits per heavy atom. The van der Waals surface area contributed by atoms with Gasteiger partial charge >= 0.3 is 0 Å². The van der Waals surface area contributed by atoms with Gasteiger partial charge < -0.3 is 5.32 Å². The van der Waals surface area contributed by atoms with E-state index in [1.54, 1.807) is 0 Å². The third-order valence-corrected chi connectivity index (χ3v) is 5.45. The minimum atomic E-state index is 0.0568. The number of hydrogen-bond acceptors (Lipinski definition) is 4. The zero-order chi connectivity index (χ0) is 14.9. The fraction of sp³-hybridized carbons (Fsp3) is 0.812. The molecule has 1 atom stereocenters. The predicted octanol–water partition coefficient (Wildman–Crippen LogP) is 3.32. The minimum absolute atomic E-state index is 0.0568. The van der Waals surface area contributed by atoms with Crippen molar-refractivity contribution in [1.29, 1.82) is 0 Å². The van der Waals surface area contributed by atoms with Crippen molar-refractivity contribution in [1.82, 2.24) is 15.2 Å². The van der Waals surface area contributed by atoms with E-state index in [0.29, 0.717) is 12.1 Å². The van der Waals surface area contributed by atoms with Crippen LogP contribution in [0.2, 0.25) is 0 Å². The highest BCUT2D eigenvalue weighted by molar-refractivity contribution is 7.11. The van der Waals surface area contributed by atoms with Crippen molar-refractivity contribution in [2.24, 2.45) is 0 Å². The summed E-state index contributed by atoms with van der Waals surface area (Å²) in [6.07, 6.45) is 2.20. The fourth-order valence-electron chi connectivity index (χ4n) is 3.15. The maximum absolute atomic E-state index is 4.96. The molecule has 0 spiro atoms. The summed E-state index contributed by atoms with van der Waals surface area (Å²) in [6, 6.07) is 1.09. The van der Waals surface area contributed by atoms with Crippen LogP contribution in [-0.4, -0.2) is 35.1 Å². The average Bonchev–Trinajstić information content (AvgIpc) is 2.93. The molecule has 3 nitrogen and oxygen atoms in total. The summed E-state index contributed by atoms with van der Waals surface area (Å²) in [7, 11) is 0. The van der Waals surface area contributed by atoms with Gasteiger partial charge in [0.25, 0.3) is 0 Å². The lowest BCUT2D eigenvalue weighted by atomic mass is 9.98. The predicted molar refractivity (Wildman–Crippen MR) is 87.5 cm³/mol. The average molecular weight is 295 g/mol. The number of nitrogens with zero attached hydrogens (tertiary/aromatic N) is 2. The van der Waals surface area contributed by atoms with Crippen LogP contribution in [0.3, 0.4) is 0 Å². The molecule has 0 bridgehead atoms. The van der Waals surface area contributed by atoms with E-state index < -0.39 is 0 Å². The van der Waals surface area contributed by atoms with Gasteiger partial charge in [-0.15, -0.1) is 11.3 Å². The molecule has 1 saturated heterocycles. The monoisotopic (exact) mass is 295 g/mol. The van der Waals surface area contributed by atoms with Gasteiger partial charge in [-0.05, 0) is 47.5 Å². The SMILES string of the molecule is CCc1nc(C2(NC(C)C)CCN(C(C)C)C2)sc1C. The van der Waals surface area contributed by atoms with Crippen LogP contribution < -0.4 is 5.32 Å². The molecule has 1 aromatic rings. The lowest BCUT2D eigenvalue weighted by Gasteiger charge is -2.32. The summed E-state index contributed by atoms with van der Waals surface area (Å²) in [5, 5.41) is 5.12. The first-order valence-corrected chi connectivity index (χ1v) is 8.68. The van der Waals surface area contributed by atoms with Crippen LogP contribution in [0.15, 0.2) is 0 Å². The van der Waals surface area contributed by atoms with Gasteiger partial charge in [0.1, 0.15) is 5.01 Å². The standard InChI is InChI=1S/C16H29N3S/c1-7-14-13(6)20-15(17-14)16(18-11(2)3)8-9-19(10-16)12(4)5/h11-12,18H,7-10H2,1-6H3. The van der Waals surface area contributed by atoms with Crippen LogP contribution in [0.1, 0.15) is 56.6 Å². The van der Waals surface area contributed by atoms with Gasteiger partial charge in [-0.3, -0.25) is 4.90 Å². The molecule has 114 valence electrons. The molecule has 1 aliphatic heterocycles. The van der Waals surface area contributed by atoms with Crippen molar-refractivity contribution in [3.63, 3.8) is 0 Å². The van der Waals surface area contributed by atoms with Crippen molar-refractivity contribution in [3.8, 4) is 0 Å². The molecular weight excluding hydrogens is 266 g/mol. The number of aromatic nitrogens is 1. The molecule has 4 heteroatoms. The summed E-state index contributed by atoms with van der Waals surface area (Å²) in [5.74, 6) is 0. The lowest BCUT2D eigenvalue weighted by molar-refractivity contribution is 0.232. The van der Waals surface area contributed by atoms with Crippen molar-refractivity contribution in [2.45, 2.75) is 72.0 Å². The van der Waals surface area contributed by atoms with Crippen LogP contribution in [0.4, 0.5) is 0 Å². The van der Waals surface area contributed by atoms with E-state index in [9.17, 15) is 0 Å². The number of hydrogen-bond donors (Lipinski definition) is 1. The summed E-state index contributed by atoms with van der Waals surface area (Å²) in [6.45, 7) is 15.7. The molecule has 1 aliphatic rings. The first-order valence-electron chi connectivity index (χ1n) is 7.86. The van der Waals surface area contributed by atoms with Crippen LogP contribution in [0.25, 0.3) is 0 Å². The van der Waals surface area contributed by atoms with Crippen molar-refractivity contribution < 1.29 is 0 Å². The quantitative estimate of drug-likeness (QED) is 0.903. The van der Waals surface area contributed by atoms with Crippen LogP contribution >= 0.6 is 11.3 Å². The van der Waals surface area contributed by atoms with Gasteiger partial charge in [0.2, 0.25) is 0 Å². The summed E-state index contributed by atoms with van der Waals surface area (Å²) in [4.78, 5) is 8.91. The second-order valence-corrected chi connectivity index (χ2v) is 7.77. The Hall–Kier alpha value is -0.450. The van der Waals surface area contributed by atoms with Crippen LogP contribution in [-0.2, 0) is 12.0 Å². The molecule has 0 aliphatic carbocycles. The number of rotatable bonds is 5. The minimum Gasteiger partial charge on any atom is -0.302 e. The van der Waals surface area contributed by atoms with Crippen molar-refractivity contribution >= 4 is 11.3 Å². The van der Waals surface area contributed by atoms with E-state index in [1.165, 1.54) is 22.0 Å². The first-order chi connectivity index (χ1) is 9.38. The number of nitrogens with one attached hydrogen (secondary N) is 1. The first kappa shape index (κ1) is 15.9. The second-order valence-electron chi connectivity index (χ2n) is 6.57. The van der Waals surface area contributed by atoms with Gasteiger partial charge in [0.05, 0.1) is 11.2 Å². The van der Waals surface area contributed by atoms with Gasteiger partial charge in [-0.1, -0.05) is 6.92 Å². The maximum Gasteiger partial charge on any atom is 0.115 e. The smallest absolute Gasteiger partial charge is 0.115 e. The van der Waals surface area contributed by atoms with E-state index >= 15 is 0 Å². The Balaban J connectivity index is 2.32. The van der Waals surface area contributed by atoms with Gasteiger partial charge in [-0.2, -0.15) is 0 Å². The normalized spacial score (nSPS) is 24.2. The molecule has 1 unspecified atom stereocenters. The Morgan fingerprint density at radius 2 is 2.05 bits per heavy atom. The zero-order valence-electron chi connectivity index (χ0n) is 13.8. The number of aryl methyl sites for hydroxylation is 2. The van der Waals surface area contributed by atoms with Crippen molar-refractivity contribution in [2.75, 3.05) is 13.1 Å². The maximum atomic E-state index is 4.96. The van der Waals surface area contributed by atoms with Crippen LogP contribution in [0.5, 0.6) is 0 Å². The third-order valence-electron chi connectivity index (χ3n) is 4.23. The summed E-state index contributed by atoms with van der Waals surface area (Å²) >= 11 is 1.89. The molecule has 20 heavy (non-hydrogen) atoms. The van der Waals surface area contributed by atoms with E-state index in [1.807, 2.05) is 11.3 Å². The Kier molecular flexibility index (Phi) is 4.88. The summed E-state index contributed by atoms with van der Waals surface area (Å²) < 4.78 is 0. The zero-order valence-corrected chi connectivity index (χ0v) is 14.6. The molecule has 1 aromatic heterocycles. The van der Waals surface area contributed by atoms with E-state index in [-0.39, 0.29) is 5.54 Å². The molecule has 1 N–H and O–H groups in total. The Bertz CT molecular complexity index is 453. The molecular formula is C16H29N3S. The molecule has 0 saturated carbocycles. The summed E-state index contributed by atoms with van der Waals surface area (Å²) in [5.41, 5.74) is 1.33. The fourth-order valence-corrected chi connectivity index (χ4v) is 4.32. The van der Waals surface area contributed by atoms with Gasteiger partial charge in [-0.25, -0.2) is 4.98 Å². The second kappa shape index (κ2) is 6.12.